The predicted octanol–water partition coefficient (Wildman–Crippen LogP) is 15.6. The summed E-state index contributed by atoms with van der Waals surface area (Å²) in [6.07, 6.45) is 39.1. The highest BCUT2D eigenvalue weighted by molar-refractivity contribution is 4.86. The lowest BCUT2D eigenvalue weighted by Crippen LogP contribution is -2.20. The van der Waals surface area contributed by atoms with Gasteiger partial charge in [0, 0.05) is 0 Å². The number of rotatable bonds is 22. The summed E-state index contributed by atoms with van der Waals surface area (Å²) in [6, 6.07) is 0. The van der Waals surface area contributed by atoms with Gasteiger partial charge in [-0.1, -0.05) is 182 Å². The Kier molecular flexibility index (Phi) is 33.6. The fourth-order valence-corrected chi connectivity index (χ4v) is 6.62. The largest absolute Gasteiger partial charge is 0.103 e. The van der Waals surface area contributed by atoms with Crippen molar-refractivity contribution < 1.29 is 0 Å². The monoisotopic (exact) mass is 601 g/mol. The number of unbranched alkanes of at least 4 members (excludes halogenated alkanes) is 2. The van der Waals surface area contributed by atoms with Gasteiger partial charge in [0.1, 0.15) is 0 Å². The lowest BCUT2D eigenvalue weighted by atomic mass is 9.73. The summed E-state index contributed by atoms with van der Waals surface area (Å²) in [5.74, 6) is 6.71. The van der Waals surface area contributed by atoms with Crippen molar-refractivity contribution in [2.75, 3.05) is 0 Å². The summed E-state index contributed by atoms with van der Waals surface area (Å²) in [5, 5.41) is 0. The van der Waals surface area contributed by atoms with E-state index in [-0.39, 0.29) is 0 Å². The Hall–Kier alpha value is -0.780. The summed E-state index contributed by atoms with van der Waals surface area (Å²) in [7, 11) is 0. The third-order valence-electron chi connectivity index (χ3n) is 9.68. The molecular weight excluding hydrogens is 516 g/mol. The topological polar surface area (TPSA) is 0 Å². The van der Waals surface area contributed by atoms with Crippen LogP contribution in [0.15, 0.2) is 37.0 Å². The second kappa shape index (κ2) is 32.6. The SMILES string of the molecule is C/C=C/CC/C=C/CCC.C=CC.CC(C)CCCC(C)CCCC1CCC(C(C)CCCC(C)CCCC(C)C)CC1. The molecule has 1 aliphatic rings. The molecule has 3 unspecified atom stereocenters. The molecule has 43 heavy (non-hydrogen) atoms. The minimum Gasteiger partial charge on any atom is -0.103 e. The third-order valence-corrected chi connectivity index (χ3v) is 9.68. The Morgan fingerprint density at radius 3 is 1.49 bits per heavy atom. The molecule has 1 saturated carbocycles. The van der Waals surface area contributed by atoms with Crippen molar-refractivity contribution in [1.29, 1.82) is 0 Å². The summed E-state index contributed by atoms with van der Waals surface area (Å²) in [6.45, 7) is 26.5. The van der Waals surface area contributed by atoms with Crippen LogP contribution in [0.25, 0.3) is 0 Å². The lowest BCUT2D eigenvalue weighted by Gasteiger charge is -2.32. The van der Waals surface area contributed by atoms with Crippen LogP contribution >= 0.6 is 0 Å². The van der Waals surface area contributed by atoms with Crippen molar-refractivity contribution in [3.05, 3.63) is 37.0 Å². The molecule has 0 heteroatoms. The zero-order chi connectivity index (χ0) is 32.7. The first kappa shape index (κ1) is 44.3. The summed E-state index contributed by atoms with van der Waals surface area (Å²) < 4.78 is 0. The van der Waals surface area contributed by atoms with E-state index >= 15 is 0 Å². The van der Waals surface area contributed by atoms with Crippen LogP contribution in [0.1, 0.15) is 198 Å². The van der Waals surface area contributed by atoms with Crippen LogP contribution in [0.2, 0.25) is 0 Å². The number of hydrogen-bond acceptors (Lipinski definition) is 0. The molecule has 0 bridgehead atoms. The molecule has 0 nitrogen and oxygen atoms in total. The smallest absolute Gasteiger partial charge is 0.0316 e. The second-order valence-electron chi connectivity index (χ2n) is 15.3. The molecule has 0 saturated heterocycles. The van der Waals surface area contributed by atoms with Crippen molar-refractivity contribution in [2.45, 2.75) is 198 Å². The van der Waals surface area contributed by atoms with Gasteiger partial charge >= 0.3 is 0 Å². The standard InChI is InChI=1S/C30H60.C10H18.C3H6/c1-24(2)12-8-14-26(5)16-10-18-28(7)30-22-20-29(21-23-30)19-11-17-27(6)15-9-13-25(3)4;1-3-5-7-9-10-8-6-4-2;1-3-2/h24-30H,8-23H2,1-7H3;3,5,8,10H,4,6-7,9H2,1-2H3;3H,1H2,2H3/b;5-3+,10-8+;. The van der Waals surface area contributed by atoms with E-state index in [9.17, 15) is 0 Å². The molecular formula is C43H84. The van der Waals surface area contributed by atoms with Gasteiger partial charge in [-0.05, 0) is 87.4 Å². The van der Waals surface area contributed by atoms with Crippen LogP contribution in [-0.2, 0) is 0 Å². The Labute approximate surface area is 275 Å². The third kappa shape index (κ3) is 32.4. The summed E-state index contributed by atoms with van der Waals surface area (Å²) in [4.78, 5) is 0. The fourth-order valence-electron chi connectivity index (χ4n) is 6.62. The maximum absolute atomic E-state index is 3.36. The van der Waals surface area contributed by atoms with Crippen molar-refractivity contribution in [1.82, 2.24) is 0 Å². The number of allylic oxidation sites excluding steroid dienone is 5. The minimum absolute atomic E-state index is 0.880. The van der Waals surface area contributed by atoms with Gasteiger partial charge < -0.3 is 0 Å². The first-order valence-electron chi connectivity index (χ1n) is 19.4. The molecule has 1 aliphatic carbocycles. The van der Waals surface area contributed by atoms with Crippen molar-refractivity contribution in [3.8, 4) is 0 Å². The van der Waals surface area contributed by atoms with E-state index in [1.807, 2.05) is 6.92 Å². The molecule has 0 heterocycles. The highest BCUT2D eigenvalue weighted by Crippen LogP contribution is 2.38. The van der Waals surface area contributed by atoms with Gasteiger partial charge in [-0.2, -0.15) is 0 Å². The van der Waals surface area contributed by atoms with Gasteiger partial charge in [0.15, 0.2) is 0 Å². The molecule has 0 spiro atoms. The maximum atomic E-state index is 3.36. The minimum atomic E-state index is 0.880. The van der Waals surface area contributed by atoms with Crippen molar-refractivity contribution in [2.24, 2.45) is 41.4 Å². The highest BCUT2D eigenvalue weighted by atomic mass is 14.3. The van der Waals surface area contributed by atoms with E-state index in [0.29, 0.717) is 0 Å². The van der Waals surface area contributed by atoms with E-state index in [2.05, 4.69) is 93.2 Å². The average Bonchev–Trinajstić information content (AvgIpc) is 2.95. The number of hydrogen-bond donors (Lipinski definition) is 0. The van der Waals surface area contributed by atoms with E-state index < -0.39 is 0 Å². The van der Waals surface area contributed by atoms with Crippen LogP contribution in [-0.4, -0.2) is 0 Å². The molecule has 0 radical (unpaired) electrons. The first-order chi connectivity index (χ1) is 20.6. The van der Waals surface area contributed by atoms with Crippen LogP contribution < -0.4 is 0 Å². The zero-order valence-electron chi connectivity index (χ0n) is 31.8. The lowest BCUT2D eigenvalue weighted by molar-refractivity contribution is 0.193. The predicted molar refractivity (Wildman–Crippen MR) is 202 cm³/mol. The average molecular weight is 601 g/mol. The molecule has 1 rings (SSSR count). The van der Waals surface area contributed by atoms with Crippen LogP contribution in [0.5, 0.6) is 0 Å². The van der Waals surface area contributed by atoms with Crippen molar-refractivity contribution >= 4 is 0 Å². The van der Waals surface area contributed by atoms with Crippen molar-refractivity contribution in [3.63, 3.8) is 0 Å². The Balaban J connectivity index is 0. The molecule has 256 valence electrons. The van der Waals surface area contributed by atoms with Gasteiger partial charge in [-0.15, -0.1) is 6.58 Å². The van der Waals surface area contributed by atoms with Gasteiger partial charge in [0.05, 0.1) is 0 Å². The Bertz CT molecular complexity index is 600. The normalized spacial score (nSPS) is 19.2. The second-order valence-corrected chi connectivity index (χ2v) is 15.3. The summed E-state index contributed by atoms with van der Waals surface area (Å²) in [5.41, 5.74) is 0. The van der Waals surface area contributed by atoms with Gasteiger partial charge in [-0.3, -0.25) is 0 Å². The zero-order valence-corrected chi connectivity index (χ0v) is 31.8. The molecule has 0 amide bonds. The van der Waals surface area contributed by atoms with Crippen LogP contribution in [0, 0.1) is 41.4 Å². The Morgan fingerprint density at radius 1 is 0.581 bits per heavy atom. The maximum Gasteiger partial charge on any atom is -0.0316 e. The Morgan fingerprint density at radius 2 is 1.02 bits per heavy atom. The molecule has 0 aromatic rings. The first-order valence-corrected chi connectivity index (χ1v) is 19.4. The summed E-state index contributed by atoms with van der Waals surface area (Å²) >= 11 is 0. The van der Waals surface area contributed by atoms with E-state index in [0.717, 1.165) is 41.4 Å². The van der Waals surface area contributed by atoms with E-state index in [1.54, 1.807) is 6.08 Å². The van der Waals surface area contributed by atoms with E-state index in [4.69, 9.17) is 0 Å². The molecule has 0 aliphatic heterocycles. The molecule has 0 N–H and O–H groups in total. The van der Waals surface area contributed by atoms with Crippen LogP contribution in [0.4, 0.5) is 0 Å². The molecule has 0 aromatic heterocycles. The van der Waals surface area contributed by atoms with Gasteiger partial charge in [0.2, 0.25) is 0 Å². The quantitative estimate of drug-likeness (QED) is 0.0856. The molecule has 0 aromatic carbocycles. The molecule has 1 fully saturated rings. The van der Waals surface area contributed by atoms with Gasteiger partial charge in [-0.25, -0.2) is 0 Å². The fraction of sp³-hybridized carbons (Fsp3) is 0.860. The van der Waals surface area contributed by atoms with Gasteiger partial charge in [0.25, 0.3) is 0 Å². The van der Waals surface area contributed by atoms with E-state index in [1.165, 1.54) is 128 Å². The van der Waals surface area contributed by atoms with Crippen LogP contribution in [0.3, 0.4) is 0 Å². The highest BCUT2D eigenvalue weighted by Gasteiger charge is 2.25. The molecule has 3 atom stereocenters.